The van der Waals surface area contributed by atoms with E-state index in [4.69, 9.17) is 4.74 Å². The Morgan fingerprint density at radius 2 is 1.63 bits per heavy atom. The smallest absolute Gasteiger partial charge is 0.423 e. The quantitative estimate of drug-likeness (QED) is 0.370. The molecule has 1 aliphatic rings. The van der Waals surface area contributed by atoms with E-state index in [2.05, 4.69) is 4.74 Å². The number of carbonyl (C=O) groups is 1. The van der Waals surface area contributed by atoms with E-state index in [0.717, 1.165) is 25.0 Å². The Hall–Kier alpha value is -2.57. The number of hydrogen-bond donors (Lipinski definition) is 0. The van der Waals surface area contributed by atoms with Crippen LogP contribution in [0.1, 0.15) is 53.9 Å². The van der Waals surface area contributed by atoms with Crippen LogP contribution in [0.3, 0.4) is 0 Å². The van der Waals surface area contributed by atoms with Gasteiger partial charge in [0.15, 0.2) is 11.6 Å². The molecule has 0 amide bonds. The normalized spacial score (nSPS) is 15.4. The monoisotopic (exact) mass is 382 g/mol. The zero-order chi connectivity index (χ0) is 19.4. The number of hydrogen-bond acceptors (Lipinski definition) is 3. The Balaban J connectivity index is 1.65. The van der Waals surface area contributed by atoms with E-state index in [1.165, 1.54) is 24.8 Å². The second-order valence-corrected chi connectivity index (χ2v) is 6.49. The standard InChI is InChI=1S/C20H18F4O3/c21-17-12-16(10-11-18(17)27-20(22,23)24)26-19(25)15-8-6-14(7-9-15)13-4-2-1-3-5-13/h6-13H,1-5H2. The second-order valence-electron chi connectivity index (χ2n) is 6.49. The molecule has 1 saturated carbocycles. The van der Waals surface area contributed by atoms with Gasteiger partial charge in [0.2, 0.25) is 0 Å². The van der Waals surface area contributed by atoms with Crippen molar-refractivity contribution in [1.82, 2.24) is 0 Å². The fourth-order valence-electron chi connectivity index (χ4n) is 3.25. The third-order valence-corrected chi connectivity index (χ3v) is 4.56. The molecule has 1 aliphatic carbocycles. The molecular weight excluding hydrogens is 364 g/mol. The summed E-state index contributed by atoms with van der Waals surface area (Å²) in [6, 6.07) is 9.53. The van der Waals surface area contributed by atoms with Crippen LogP contribution >= 0.6 is 0 Å². The second kappa shape index (κ2) is 7.98. The highest BCUT2D eigenvalue weighted by molar-refractivity contribution is 5.91. The fraction of sp³-hybridized carbons (Fsp3) is 0.350. The van der Waals surface area contributed by atoms with Gasteiger partial charge in [-0.3, -0.25) is 0 Å². The summed E-state index contributed by atoms with van der Waals surface area (Å²) in [5.74, 6) is -2.68. The lowest BCUT2D eigenvalue weighted by Gasteiger charge is -2.21. The molecule has 0 spiro atoms. The zero-order valence-electron chi connectivity index (χ0n) is 14.4. The van der Waals surface area contributed by atoms with Crippen LogP contribution in [0.5, 0.6) is 11.5 Å². The van der Waals surface area contributed by atoms with Crippen LogP contribution in [0.15, 0.2) is 42.5 Å². The average molecular weight is 382 g/mol. The van der Waals surface area contributed by atoms with E-state index in [1.807, 2.05) is 12.1 Å². The Bertz CT molecular complexity index is 794. The minimum atomic E-state index is -5.00. The Morgan fingerprint density at radius 1 is 0.963 bits per heavy atom. The van der Waals surface area contributed by atoms with Gasteiger partial charge in [0.1, 0.15) is 5.75 Å². The molecule has 0 N–H and O–H groups in total. The van der Waals surface area contributed by atoms with Gasteiger partial charge in [0.05, 0.1) is 5.56 Å². The van der Waals surface area contributed by atoms with Gasteiger partial charge >= 0.3 is 12.3 Å². The van der Waals surface area contributed by atoms with E-state index >= 15 is 0 Å². The van der Waals surface area contributed by atoms with Gasteiger partial charge < -0.3 is 9.47 Å². The van der Waals surface area contributed by atoms with Crippen molar-refractivity contribution in [2.24, 2.45) is 0 Å². The van der Waals surface area contributed by atoms with Crippen LogP contribution in [0.4, 0.5) is 17.6 Å². The average Bonchev–Trinajstić information content (AvgIpc) is 2.64. The molecule has 2 aromatic rings. The number of esters is 1. The highest BCUT2D eigenvalue weighted by atomic mass is 19.4. The maximum absolute atomic E-state index is 13.7. The zero-order valence-corrected chi connectivity index (χ0v) is 14.4. The number of benzene rings is 2. The lowest BCUT2D eigenvalue weighted by Crippen LogP contribution is -2.18. The Morgan fingerprint density at radius 3 is 2.22 bits per heavy atom. The van der Waals surface area contributed by atoms with E-state index in [-0.39, 0.29) is 11.3 Å². The van der Waals surface area contributed by atoms with Crippen molar-refractivity contribution in [1.29, 1.82) is 0 Å². The number of halogens is 4. The minimum Gasteiger partial charge on any atom is -0.423 e. The van der Waals surface area contributed by atoms with Crippen LogP contribution < -0.4 is 9.47 Å². The van der Waals surface area contributed by atoms with Gasteiger partial charge in [0.25, 0.3) is 0 Å². The molecule has 0 bridgehead atoms. The van der Waals surface area contributed by atoms with Crippen molar-refractivity contribution in [2.45, 2.75) is 44.4 Å². The van der Waals surface area contributed by atoms with E-state index < -0.39 is 23.9 Å². The summed E-state index contributed by atoms with van der Waals surface area (Å²) in [6.45, 7) is 0. The molecule has 3 nitrogen and oxygen atoms in total. The van der Waals surface area contributed by atoms with Gasteiger partial charge in [-0.15, -0.1) is 13.2 Å². The van der Waals surface area contributed by atoms with Crippen molar-refractivity contribution in [2.75, 3.05) is 0 Å². The molecule has 3 rings (SSSR count). The molecule has 0 unspecified atom stereocenters. The molecule has 0 aromatic heterocycles. The van der Waals surface area contributed by atoms with Crippen LogP contribution in [0.25, 0.3) is 0 Å². The van der Waals surface area contributed by atoms with E-state index in [1.54, 1.807) is 12.1 Å². The largest absolute Gasteiger partial charge is 0.573 e. The first-order chi connectivity index (χ1) is 12.8. The molecule has 1 fully saturated rings. The van der Waals surface area contributed by atoms with E-state index in [9.17, 15) is 22.4 Å². The molecule has 27 heavy (non-hydrogen) atoms. The first-order valence-electron chi connectivity index (χ1n) is 8.69. The van der Waals surface area contributed by atoms with Crippen molar-refractivity contribution < 1.29 is 31.8 Å². The summed E-state index contributed by atoms with van der Waals surface area (Å²) in [5, 5.41) is 0. The predicted molar refractivity (Wildman–Crippen MR) is 90.3 cm³/mol. The maximum Gasteiger partial charge on any atom is 0.573 e. The Labute approximate surface area is 153 Å². The van der Waals surface area contributed by atoms with Gasteiger partial charge in [0, 0.05) is 6.07 Å². The first-order valence-corrected chi connectivity index (χ1v) is 8.69. The molecule has 2 aromatic carbocycles. The summed E-state index contributed by atoms with van der Waals surface area (Å²) in [5.41, 5.74) is 1.46. The molecule has 0 saturated heterocycles. The maximum atomic E-state index is 13.7. The minimum absolute atomic E-state index is 0.205. The van der Waals surface area contributed by atoms with Crippen LogP contribution in [-0.4, -0.2) is 12.3 Å². The van der Waals surface area contributed by atoms with Crippen molar-refractivity contribution >= 4 is 5.97 Å². The molecule has 0 aliphatic heterocycles. The van der Waals surface area contributed by atoms with Crippen LogP contribution in [0.2, 0.25) is 0 Å². The highest BCUT2D eigenvalue weighted by Crippen LogP contribution is 2.33. The van der Waals surface area contributed by atoms with Gasteiger partial charge in [-0.25, -0.2) is 9.18 Å². The number of carbonyl (C=O) groups excluding carboxylic acids is 1. The van der Waals surface area contributed by atoms with Crippen molar-refractivity contribution in [3.63, 3.8) is 0 Å². The molecule has 0 heterocycles. The van der Waals surface area contributed by atoms with Gasteiger partial charge in [-0.05, 0) is 48.6 Å². The number of alkyl halides is 3. The topological polar surface area (TPSA) is 35.5 Å². The summed E-state index contributed by atoms with van der Waals surface area (Å²) in [7, 11) is 0. The van der Waals surface area contributed by atoms with Crippen LogP contribution in [0, 0.1) is 5.82 Å². The van der Waals surface area contributed by atoms with E-state index in [0.29, 0.717) is 12.0 Å². The third kappa shape index (κ3) is 5.21. The molecule has 0 radical (unpaired) electrons. The first kappa shape index (κ1) is 19.2. The molecule has 0 atom stereocenters. The van der Waals surface area contributed by atoms with Crippen molar-refractivity contribution in [3.05, 3.63) is 59.4 Å². The van der Waals surface area contributed by atoms with Crippen LogP contribution in [-0.2, 0) is 0 Å². The van der Waals surface area contributed by atoms with Crippen molar-refractivity contribution in [3.8, 4) is 11.5 Å². The Kier molecular flexibility index (Phi) is 5.68. The summed E-state index contributed by atoms with van der Waals surface area (Å²) in [4.78, 5) is 12.2. The number of rotatable bonds is 4. The lowest BCUT2D eigenvalue weighted by molar-refractivity contribution is -0.275. The van der Waals surface area contributed by atoms with Gasteiger partial charge in [-0.2, -0.15) is 0 Å². The summed E-state index contributed by atoms with van der Waals surface area (Å²) in [6.07, 6.45) is 0.927. The summed E-state index contributed by atoms with van der Waals surface area (Å²) < 4.78 is 58.7. The molecular formula is C20H18F4O3. The lowest BCUT2D eigenvalue weighted by atomic mass is 9.84. The third-order valence-electron chi connectivity index (χ3n) is 4.56. The highest BCUT2D eigenvalue weighted by Gasteiger charge is 2.32. The fourth-order valence-corrected chi connectivity index (χ4v) is 3.25. The van der Waals surface area contributed by atoms with Gasteiger partial charge in [-0.1, -0.05) is 31.4 Å². The number of ether oxygens (including phenoxy) is 2. The summed E-state index contributed by atoms with van der Waals surface area (Å²) >= 11 is 0. The SMILES string of the molecule is O=C(Oc1ccc(OC(F)(F)F)c(F)c1)c1ccc(C2CCCCC2)cc1. The predicted octanol–water partition coefficient (Wildman–Crippen LogP) is 5.99. The molecule has 7 heteroatoms. The molecule has 144 valence electrons.